The molecule has 1 aromatic carbocycles. The highest BCUT2D eigenvalue weighted by Crippen LogP contribution is 2.22. The van der Waals surface area contributed by atoms with Gasteiger partial charge in [0.25, 0.3) is 0 Å². The number of carbonyl (C=O) groups excluding carboxylic acids is 1. The van der Waals surface area contributed by atoms with E-state index in [0.717, 1.165) is 29.9 Å². The fraction of sp³-hybridized carbons (Fsp3) is 0.471. The molecule has 1 saturated heterocycles. The minimum absolute atomic E-state index is 0.106. The molecule has 2 N–H and O–H groups in total. The van der Waals surface area contributed by atoms with Crippen LogP contribution in [0.15, 0.2) is 29.4 Å². The molecular formula is C17H24N4O2S. The van der Waals surface area contributed by atoms with Gasteiger partial charge in [0.2, 0.25) is 5.91 Å². The van der Waals surface area contributed by atoms with Gasteiger partial charge in [-0.25, -0.2) is 0 Å². The molecule has 0 aliphatic carbocycles. The van der Waals surface area contributed by atoms with Crippen molar-refractivity contribution >= 4 is 34.6 Å². The SMILES string of the molecule is COC[C@H](C)NC(=S)N/N=C(/C)c1cccc(N2CCCC2=O)c1. The number of rotatable bonds is 6. The highest BCUT2D eigenvalue weighted by Gasteiger charge is 2.21. The van der Waals surface area contributed by atoms with Crippen LogP contribution in [0.4, 0.5) is 5.69 Å². The van der Waals surface area contributed by atoms with Crippen LogP contribution in [-0.4, -0.2) is 43.0 Å². The van der Waals surface area contributed by atoms with E-state index in [4.69, 9.17) is 17.0 Å². The maximum absolute atomic E-state index is 11.9. The summed E-state index contributed by atoms with van der Waals surface area (Å²) in [6.07, 6.45) is 1.54. The summed E-state index contributed by atoms with van der Waals surface area (Å²) in [5, 5.41) is 7.85. The number of hydrazone groups is 1. The molecular weight excluding hydrogens is 324 g/mol. The molecule has 6 nitrogen and oxygen atoms in total. The molecule has 0 saturated carbocycles. The second kappa shape index (κ2) is 8.75. The van der Waals surface area contributed by atoms with Crippen LogP contribution in [0, 0.1) is 0 Å². The number of ether oxygens (including phenoxy) is 1. The molecule has 0 radical (unpaired) electrons. The maximum Gasteiger partial charge on any atom is 0.227 e. The van der Waals surface area contributed by atoms with Crippen molar-refractivity contribution in [3.63, 3.8) is 0 Å². The van der Waals surface area contributed by atoms with E-state index >= 15 is 0 Å². The third-order valence-electron chi connectivity index (χ3n) is 3.77. The number of hydrogen-bond acceptors (Lipinski definition) is 4. The number of benzene rings is 1. The molecule has 1 aromatic rings. The van der Waals surface area contributed by atoms with Gasteiger partial charge in [0, 0.05) is 31.8 Å². The molecule has 2 rings (SSSR count). The normalized spacial score (nSPS) is 16.2. The lowest BCUT2D eigenvalue weighted by molar-refractivity contribution is -0.117. The van der Waals surface area contributed by atoms with Crippen LogP contribution in [0.25, 0.3) is 0 Å². The molecule has 0 spiro atoms. The quantitative estimate of drug-likeness (QED) is 0.468. The van der Waals surface area contributed by atoms with E-state index in [1.54, 1.807) is 7.11 Å². The standard InChI is InChI=1S/C17H24N4O2S/c1-12(11-23-3)18-17(24)20-19-13(2)14-6-4-7-15(10-14)21-9-5-8-16(21)22/h4,6-7,10,12H,5,8-9,11H2,1-3H3,(H2,18,20,24)/b19-13-/t12-/m0/s1. The predicted molar refractivity (Wildman–Crippen MR) is 100 cm³/mol. The molecule has 1 fully saturated rings. The van der Waals surface area contributed by atoms with Gasteiger partial charge >= 0.3 is 0 Å². The fourth-order valence-corrected chi connectivity index (χ4v) is 2.81. The zero-order valence-corrected chi connectivity index (χ0v) is 15.2. The average molecular weight is 348 g/mol. The molecule has 1 aliphatic heterocycles. The first-order valence-electron chi connectivity index (χ1n) is 8.02. The Balaban J connectivity index is 2.00. The number of thiocarbonyl (C=S) groups is 1. The van der Waals surface area contributed by atoms with Gasteiger partial charge in [-0.1, -0.05) is 12.1 Å². The molecule has 24 heavy (non-hydrogen) atoms. The lowest BCUT2D eigenvalue weighted by Crippen LogP contribution is -2.40. The number of methoxy groups -OCH3 is 1. The average Bonchev–Trinajstić information content (AvgIpc) is 2.99. The highest BCUT2D eigenvalue weighted by atomic mass is 32.1. The first kappa shape index (κ1) is 18.4. The van der Waals surface area contributed by atoms with Crippen LogP contribution in [0.3, 0.4) is 0 Å². The van der Waals surface area contributed by atoms with Gasteiger partial charge in [0.05, 0.1) is 12.3 Å². The van der Waals surface area contributed by atoms with Crippen LogP contribution < -0.4 is 15.6 Å². The second-order valence-corrected chi connectivity index (χ2v) is 6.25. The monoisotopic (exact) mass is 348 g/mol. The van der Waals surface area contributed by atoms with E-state index in [2.05, 4.69) is 15.8 Å². The summed E-state index contributed by atoms with van der Waals surface area (Å²) in [5.74, 6) is 0.178. The zero-order valence-electron chi connectivity index (χ0n) is 14.3. The summed E-state index contributed by atoms with van der Waals surface area (Å²) >= 11 is 5.20. The van der Waals surface area contributed by atoms with E-state index in [-0.39, 0.29) is 11.9 Å². The first-order valence-corrected chi connectivity index (χ1v) is 8.42. The third kappa shape index (κ3) is 5.01. The van der Waals surface area contributed by atoms with E-state index in [1.165, 1.54) is 0 Å². The number of anilines is 1. The Morgan fingerprint density at radius 1 is 1.50 bits per heavy atom. The van der Waals surface area contributed by atoms with Crippen LogP contribution in [0.2, 0.25) is 0 Å². The van der Waals surface area contributed by atoms with Gasteiger partial charge in [0.1, 0.15) is 0 Å². The highest BCUT2D eigenvalue weighted by molar-refractivity contribution is 7.80. The summed E-state index contributed by atoms with van der Waals surface area (Å²) in [6.45, 7) is 5.22. The maximum atomic E-state index is 11.9. The molecule has 0 bridgehead atoms. The Kier molecular flexibility index (Phi) is 6.69. The zero-order chi connectivity index (χ0) is 17.5. The fourth-order valence-electron chi connectivity index (χ4n) is 2.57. The molecule has 0 aromatic heterocycles. The summed E-state index contributed by atoms with van der Waals surface area (Å²) in [4.78, 5) is 13.7. The molecule has 1 aliphatic rings. The van der Waals surface area contributed by atoms with Crippen molar-refractivity contribution in [1.82, 2.24) is 10.7 Å². The minimum Gasteiger partial charge on any atom is -0.383 e. The Morgan fingerprint density at radius 3 is 2.96 bits per heavy atom. The minimum atomic E-state index is 0.106. The largest absolute Gasteiger partial charge is 0.383 e. The Morgan fingerprint density at radius 2 is 2.29 bits per heavy atom. The van der Waals surface area contributed by atoms with E-state index in [0.29, 0.717) is 18.1 Å². The van der Waals surface area contributed by atoms with Gasteiger partial charge in [-0.2, -0.15) is 5.10 Å². The van der Waals surface area contributed by atoms with Crippen LogP contribution in [0.1, 0.15) is 32.3 Å². The van der Waals surface area contributed by atoms with E-state index in [1.807, 2.05) is 43.0 Å². The summed E-state index contributed by atoms with van der Waals surface area (Å²) < 4.78 is 5.05. The van der Waals surface area contributed by atoms with Crippen LogP contribution in [0.5, 0.6) is 0 Å². The Labute approximate surface area is 148 Å². The van der Waals surface area contributed by atoms with Gasteiger partial charge in [-0.3, -0.25) is 10.2 Å². The lowest BCUT2D eigenvalue weighted by atomic mass is 10.1. The van der Waals surface area contributed by atoms with Gasteiger partial charge < -0.3 is 15.0 Å². The van der Waals surface area contributed by atoms with Crippen molar-refractivity contribution in [2.45, 2.75) is 32.7 Å². The van der Waals surface area contributed by atoms with Gasteiger partial charge in [-0.05, 0) is 50.2 Å². The predicted octanol–water partition coefficient (Wildman–Crippen LogP) is 2.04. The number of carbonyl (C=O) groups is 1. The molecule has 1 heterocycles. The van der Waals surface area contributed by atoms with Crippen molar-refractivity contribution in [2.75, 3.05) is 25.2 Å². The second-order valence-electron chi connectivity index (χ2n) is 5.84. The van der Waals surface area contributed by atoms with E-state index < -0.39 is 0 Å². The summed E-state index contributed by atoms with van der Waals surface area (Å²) in [7, 11) is 1.65. The molecule has 130 valence electrons. The van der Waals surface area contributed by atoms with Gasteiger partial charge in [0.15, 0.2) is 5.11 Å². The number of nitrogens with zero attached hydrogens (tertiary/aromatic N) is 2. The van der Waals surface area contributed by atoms with Crippen molar-refractivity contribution < 1.29 is 9.53 Å². The number of nitrogens with one attached hydrogen (secondary N) is 2. The Bertz CT molecular complexity index is 633. The third-order valence-corrected chi connectivity index (χ3v) is 3.98. The molecule has 1 atom stereocenters. The van der Waals surface area contributed by atoms with Gasteiger partial charge in [-0.15, -0.1) is 0 Å². The molecule has 1 amide bonds. The van der Waals surface area contributed by atoms with Crippen molar-refractivity contribution in [3.05, 3.63) is 29.8 Å². The lowest BCUT2D eigenvalue weighted by Gasteiger charge is -2.17. The smallest absolute Gasteiger partial charge is 0.227 e. The van der Waals surface area contributed by atoms with Crippen molar-refractivity contribution in [1.29, 1.82) is 0 Å². The van der Waals surface area contributed by atoms with Crippen molar-refractivity contribution in [2.24, 2.45) is 5.10 Å². The number of amides is 1. The summed E-state index contributed by atoms with van der Waals surface area (Å²) in [6, 6.07) is 7.94. The Hall–Kier alpha value is -1.99. The topological polar surface area (TPSA) is 66.0 Å². The molecule has 7 heteroatoms. The van der Waals surface area contributed by atoms with Crippen molar-refractivity contribution in [3.8, 4) is 0 Å². The van der Waals surface area contributed by atoms with E-state index in [9.17, 15) is 4.79 Å². The van der Waals surface area contributed by atoms with Crippen LogP contribution >= 0.6 is 12.2 Å². The molecule has 0 unspecified atom stereocenters. The summed E-state index contributed by atoms with van der Waals surface area (Å²) in [5.41, 5.74) is 5.51. The first-order chi connectivity index (χ1) is 11.5. The van der Waals surface area contributed by atoms with Crippen LogP contribution in [-0.2, 0) is 9.53 Å². The number of hydrogen-bond donors (Lipinski definition) is 2.